The van der Waals surface area contributed by atoms with Crippen LogP contribution in [-0.2, 0) is 42.9 Å². The second-order valence-electron chi connectivity index (χ2n) is 25.0. The van der Waals surface area contributed by atoms with E-state index in [1.807, 2.05) is 4.90 Å². The lowest BCUT2D eigenvalue weighted by atomic mass is 9.33. The van der Waals surface area contributed by atoms with Crippen LogP contribution in [0.5, 0.6) is 0 Å². The lowest BCUT2D eigenvalue weighted by Crippen LogP contribution is -2.65. The predicted octanol–water partition coefficient (Wildman–Crippen LogP) is 1.59. The summed E-state index contributed by atoms with van der Waals surface area (Å²) in [6.45, 7) is 16.8. The molecule has 3 aliphatic heterocycles. The zero-order valence-corrected chi connectivity index (χ0v) is 44.3. The normalized spacial score (nSPS) is 44.1. The van der Waals surface area contributed by atoms with Crippen LogP contribution >= 0.6 is 0 Å². The molecule has 3 heterocycles. The number of hydrazine groups is 1. The standard InChI is InChI=1S/C52H84N4O18/c1-47(2)16-18-52(46(67)73-44-42(65)40(63)38(61)31(27-57)70-44)19-17-50(6)29(30(52)26-47)8-9-34-49(5)14-13-35(48(3,4)33(49)12-15-51(34,50)7)72-37(60)11-10-36(59)69-25-24-54-20-22-55(23-21-54)56(68)53-74-45-43(66)41(64)39(62)32(28-58)71-45/h8,30-35,38-45,57-58,61-66H,9-28H2,1-7H3/b56-53-/t30-,31+,32+,33-,34+,35-,38+,39-,40-,41-,42+,43+,44-,45-,49-,50+,51+,52-/m0/s1. The highest BCUT2D eigenvalue weighted by Gasteiger charge is 2.70. The average Bonchev–Trinajstić information content (AvgIpc) is 3.36. The smallest absolute Gasteiger partial charge is 0.315 e. The number of hydrogen-bond acceptors (Lipinski definition) is 20. The van der Waals surface area contributed by atoms with Gasteiger partial charge in [0.15, 0.2) is 0 Å². The van der Waals surface area contributed by atoms with Crippen LogP contribution in [0.1, 0.15) is 126 Å². The summed E-state index contributed by atoms with van der Waals surface area (Å²) in [4.78, 5) is 48.1. The van der Waals surface area contributed by atoms with E-state index < -0.39 is 97.9 Å². The number of aliphatic hydroxyl groups is 8. The molecule has 8 aliphatic rings. The second kappa shape index (κ2) is 21.5. The maximum atomic E-state index is 14.6. The molecule has 4 saturated carbocycles. The van der Waals surface area contributed by atoms with Crippen molar-refractivity contribution in [3.63, 3.8) is 0 Å². The minimum Gasteiger partial charge on any atom is -0.569 e. The number of nitrogens with zero attached hydrogens (tertiary/aromatic N) is 4. The van der Waals surface area contributed by atoms with Gasteiger partial charge in [0.25, 0.3) is 6.29 Å². The molecule has 0 bridgehead atoms. The van der Waals surface area contributed by atoms with E-state index in [9.17, 15) is 60.4 Å². The number of carbonyl (C=O) groups excluding carboxylic acids is 3. The van der Waals surface area contributed by atoms with Gasteiger partial charge in [-0.2, -0.15) is 0 Å². The number of rotatable bonds is 14. The molecule has 22 nitrogen and oxygen atoms in total. The predicted molar refractivity (Wildman–Crippen MR) is 258 cm³/mol. The van der Waals surface area contributed by atoms with Gasteiger partial charge in [-0.15, -0.1) is 5.01 Å². The van der Waals surface area contributed by atoms with Crippen molar-refractivity contribution < 1.29 is 88.7 Å². The van der Waals surface area contributed by atoms with Crippen molar-refractivity contribution in [2.75, 3.05) is 52.5 Å². The van der Waals surface area contributed by atoms with Gasteiger partial charge in [-0.1, -0.05) is 60.1 Å². The van der Waals surface area contributed by atoms with E-state index in [-0.39, 0.29) is 82.5 Å². The van der Waals surface area contributed by atoms with E-state index in [0.717, 1.165) is 44.9 Å². The molecule has 0 aromatic heterocycles. The zero-order chi connectivity index (χ0) is 53.9. The van der Waals surface area contributed by atoms with E-state index in [1.54, 1.807) is 0 Å². The van der Waals surface area contributed by atoms with Crippen LogP contribution in [0.4, 0.5) is 0 Å². The molecule has 0 aromatic rings. The first-order chi connectivity index (χ1) is 34.8. The van der Waals surface area contributed by atoms with Crippen molar-refractivity contribution >= 4 is 17.9 Å². The van der Waals surface area contributed by atoms with Gasteiger partial charge >= 0.3 is 17.9 Å². The van der Waals surface area contributed by atoms with Crippen LogP contribution in [-0.4, -0.2) is 194 Å². The molecule has 8 N–H and O–H groups in total. The lowest BCUT2D eigenvalue weighted by Gasteiger charge is -2.71. The number of carbonyl (C=O) groups is 3. The van der Waals surface area contributed by atoms with Crippen molar-refractivity contribution in [3.05, 3.63) is 16.9 Å². The number of aliphatic hydroxyl groups excluding tert-OH is 8. The number of hydrogen-bond donors (Lipinski definition) is 8. The van der Waals surface area contributed by atoms with Crippen LogP contribution in [0.25, 0.3) is 0 Å². The van der Waals surface area contributed by atoms with Gasteiger partial charge in [-0.05, 0) is 104 Å². The molecule has 420 valence electrons. The summed E-state index contributed by atoms with van der Waals surface area (Å²) in [6, 6.07) is 0. The van der Waals surface area contributed by atoms with Crippen LogP contribution in [0.2, 0.25) is 0 Å². The molecule has 0 radical (unpaired) electrons. The molecule has 8 rings (SSSR count). The highest BCUT2D eigenvalue weighted by molar-refractivity contribution is 5.79. The third-order valence-electron chi connectivity index (χ3n) is 20.2. The first kappa shape index (κ1) is 56.9. The van der Waals surface area contributed by atoms with Crippen molar-refractivity contribution in [1.29, 1.82) is 0 Å². The van der Waals surface area contributed by atoms with Crippen molar-refractivity contribution in [2.24, 2.45) is 55.5 Å². The van der Waals surface area contributed by atoms with Crippen LogP contribution in [0.15, 0.2) is 16.9 Å². The van der Waals surface area contributed by atoms with Gasteiger partial charge in [0.05, 0.1) is 49.5 Å². The highest BCUT2D eigenvalue weighted by Crippen LogP contribution is 2.76. The molecule has 74 heavy (non-hydrogen) atoms. The Bertz CT molecular complexity index is 2100. The van der Waals surface area contributed by atoms with Crippen molar-refractivity contribution in [2.45, 2.75) is 193 Å². The summed E-state index contributed by atoms with van der Waals surface area (Å²) in [5.41, 5.74) is -0.330. The number of ether oxygens (including phenoxy) is 5. The fourth-order valence-corrected chi connectivity index (χ4v) is 15.4. The first-order valence-electron chi connectivity index (χ1n) is 27.0. The molecule has 0 unspecified atom stereocenters. The van der Waals surface area contributed by atoms with E-state index in [2.05, 4.69) is 59.8 Å². The summed E-state index contributed by atoms with van der Waals surface area (Å²) < 4.78 is 28.6. The third-order valence-corrected chi connectivity index (χ3v) is 20.2. The lowest BCUT2D eigenvalue weighted by molar-refractivity contribution is -0.716. The molecular formula is C52H84N4O18. The van der Waals surface area contributed by atoms with Gasteiger partial charge in [-0.3, -0.25) is 19.3 Å². The summed E-state index contributed by atoms with van der Waals surface area (Å²) >= 11 is 0. The molecule has 22 heteroatoms. The Morgan fingerprint density at radius 1 is 0.730 bits per heavy atom. The monoisotopic (exact) mass is 1050 g/mol. The van der Waals surface area contributed by atoms with Crippen LogP contribution in [0, 0.1) is 55.5 Å². The van der Waals surface area contributed by atoms with Crippen LogP contribution < -0.4 is 0 Å². The van der Waals surface area contributed by atoms with Crippen molar-refractivity contribution in [3.8, 4) is 0 Å². The maximum absolute atomic E-state index is 14.6. The minimum absolute atomic E-state index is 0.0370. The molecular weight excluding hydrogens is 969 g/mol. The SMILES string of the molecule is CC1(C)CC[C@]2(C(=O)O[C@@H]3O[C@H](CO)[C@@H](O)[C@H](O)[C@H]3O)CC[C@]3(C)C(=CC[C@@H]4[C@@]5(C)CC[C@H](OC(=O)CCC(=O)OCCN6CCN(/[N+]([O-])=N/O[C@@H]7O[C@H](CO)[C@H](O)[C@H](O)[C@H]7O)CC6)C(C)(C)[C@@H]5CC[C@]43C)[C@@H]2C1. The number of allylic oxidation sites excluding steroid dienone is 2. The Kier molecular flexibility index (Phi) is 16.5. The number of fused-ring (bicyclic) bond motifs is 7. The maximum Gasteiger partial charge on any atom is 0.315 e. The Morgan fingerprint density at radius 2 is 1.34 bits per heavy atom. The number of piperazine rings is 1. The Morgan fingerprint density at radius 3 is 1.99 bits per heavy atom. The minimum atomic E-state index is -1.71. The Balaban J connectivity index is 0.825. The Hall–Kier alpha value is -3.29. The fraction of sp³-hybridized carbons (Fsp3) is 0.904. The quantitative estimate of drug-likeness (QED) is 0.0306. The average molecular weight is 1050 g/mol. The zero-order valence-electron chi connectivity index (χ0n) is 44.3. The molecule has 0 aromatic carbocycles. The van der Waals surface area contributed by atoms with Gasteiger partial charge in [-0.25, -0.2) is 0 Å². The topological polar surface area (TPSA) is 313 Å². The molecule has 3 saturated heterocycles. The summed E-state index contributed by atoms with van der Waals surface area (Å²) in [5.74, 6) is -0.956. The van der Waals surface area contributed by atoms with Gasteiger partial charge in [0.2, 0.25) is 11.6 Å². The molecule has 0 amide bonds. The van der Waals surface area contributed by atoms with E-state index in [0.29, 0.717) is 44.8 Å². The van der Waals surface area contributed by atoms with Crippen molar-refractivity contribution in [1.82, 2.24) is 9.91 Å². The van der Waals surface area contributed by atoms with E-state index >= 15 is 0 Å². The summed E-state index contributed by atoms with van der Waals surface area (Å²) in [7, 11) is 0. The largest absolute Gasteiger partial charge is 0.569 e. The first-order valence-corrected chi connectivity index (χ1v) is 27.0. The molecule has 5 aliphatic carbocycles. The van der Waals surface area contributed by atoms with Gasteiger partial charge in [0.1, 0.15) is 61.5 Å². The number of esters is 3. The van der Waals surface area contributed by atoms with Gasteiger partial charge in [0, 0.05) is 25.0 Å². The second-order valence-corrected chi connectivity index (χ2v) is 25.0. The Labute approximate surface area is 433 Å². The van der Waals surface area contributed by atoms with Crippen LogP contribution in [0.3, 0.4) is 0 Å². The van der Waals surface area contributed by atoms with E-state index in [4.69, 9.17) is 28.5 Å². The highest BCUT2D eigenvalue weighted by atomic mass is 16.8. The third kappa shape index (κ3) is 10.2. The fourth-order valence-electron chi connectivity index (χ4n) is 15.4. The summed E-state index contributed by atoms with van der Waals surface area (Å²) in [5, 5.41) is 98.2. The molecule has 7 fully saturated rings. The molecule has 0 spiro atoms. The van der Waals surface area contributed by atoms with Gasteiger partial charge < -0.3 is 74.6 Å². The van der Waals surface area contributed by atoms with E-state index in [1.165, 1.54) is 10.6 Å². The summed E-state index contributed by atoms with van der Waals surface area (Å²) in [6.07, 6.45) is -5.60. The molecule has 18 atom stereocenters.